The summed E-state index contributed by atoms with van der Waals surface area (Å²) in [5.41, 5.74) is 4.15. The molecule has 3 heterocycles. The summed E-state index contributed by atoms with van der Waals surface area (Å²) in [5, 5.41) is 0.651. The number of imide groups is 1. The van der Waals surface area contributed by atoms with Crippen LogP contribution in [0, 0.1) is 13.8 Å². The van der Waals surface area contributed by atoms with Crippen LogP contribution in [-0.4, -0.2) is 38.8 Å². The Bertz CT molecular complexity index is 1390. The fraction of sp³-hybridized carbons (Fsp3) is 0.269. The van der Waals surface area contributed by atoms with Gasteiger partial charge in [-0.05, 0) is 61.7 Å². The van der Waals surface area contributed by atoms with Crippen LogP contribution in [0.15, 0.2) is 55.1 Å². The number of carbonyl (C=O) groups is 3. The molecule has 4 aromatic rings. The van der Waals surface area contributed by atoms with Gasteiger partial charge in [0.2, 0.25) is 11.8 Å². The quantitative estimate of drug-likeness (QED) is 0.358. The van der Waals surface area contributed by atoms with Crippen molar-refractivity contribution >= 4 is 50.1 Å². The number of imidazole rings is 1. The summed E-state index contributed by atoms with van der Waals surface area (Å²) >= 11 is 1.50. The van der Waals surface area contributed by atoms with E-state index in [2.05, 4.69) is 18.0 Å². The van der Waals surface area contributed by atoms with E-state index in [1.54, 1.807) is 41.7 Å². The van der Waals surface area contributed by atoms with Crippen LogP contribution in [-0.2, 0) is 16.1 Å². The lowest BCUT2D eigenvalue weighted by Gasteiger charge is -2.21. The molecule has 0 atom stereocenters. The van der Waals surface area contributed by atoms with E-state index in [1.165, 1.54) is 16.2 Å². The van der Waals surface area contributed by atoms with Gasteiger partial charge >= 0.3 is 0 Å². The van der Waals surface area contributed by atoms with Crippen LogP contribution in [0.25, 0.3) is 10.2 Å². The number of aromatic nitrogens is 3. The highest BCUT2D eigenvalue weighted by Gasteiger charge is 2.30. The number of nitrogens with zero attached hydrogens (tertiary/aromatic N) is 5. The molecule has 8 nitrogen and oxygen atoms in total. The fourth-order valence-corrected chi connectivity index (χ4v) is 5.27. The molecule has 0 saturated carbocycles. The van der Waals surface area contributed by atoms with Gasteiger partial charge in [-0.25, -0.2) is 9.97 Å². The van der Waals surface area contributed by atoms with Crippen molar-refractivity contribution in [2.24, 2.45) is 0 Å². The molecule has 35 heavy (non-hydrogen) atoms. The summed E-state index contributed by atoms with van der Waals surface area (Å²) in [7, 11) is 0. The molecule has 3 amide bonds. The Kier molecular flexibility index (Phi) is 6.17. The van der Waals surface area contributed by atoms with E-state index in [1.807, 2.05) is 23.8 Å². The van der Waals surface area contributed by atoms with Gasteiger partial charge in [0, 0.05) is 43.9 Å². The first-order valence-corrected chi connectivity index (χ1v) is 12.3. The van der Waals surface area contributed by atoms with Crippen molar-refractivity contribution in [3.05, 3.63) is 71.8 Å². The van der Waals surface area contributed by atoms with Crippen molar-refractivity contribution in [3.63, 3.8) is 0 Å². The standard InChI is InChI=1S/C26H25N5O3S/c1-17-4-9-21-24(18(17)2)28-26(35-21)30(14-3-13-29-15-12-27-16-29)25(34)19-5-7-20(8-6-19)31-22(32)10-11-23(31)33/h4-9,12,15-16H,3,10-11,13-14H2,1-2H3. The zero-order valence-electron chi connectivity index (χ0n) is 19.6. The molecule has 2 aromatic carbocycles. The number of hydrogen-bond acceptors (Lipinski definition) is 6. The predicted octanol–water partition coefficient (Wildman–Crippen LogP) is 4.50. The Balaban J connectivity index is 1.44. The molecule has 9 heteroatoms. The lowest BCUT2D eigenvalue weighted by atomic mass is 10.1. The first-order chi connectivity index (χ1) is 16.9. The summed E-state index contributed by atoms with van der Waals surface area (Å²) in [6.45, 7) is 5.32. The molecule has 0 spiro atoms. The van der Waals surface area contributed by atoms with Crippen molar-refractivity contribution in [3.8, 4) is 0 Å². The lowest BCUT2D eigenvalue weighted by Crippen LogP contribution is -2.32. The van der Waals surface area contributed by atoms with Crippen LogP contribution in [0.3, 0.4) is 0 Å². The van der Waals surface area contributed by atoms with Crippen LogP contribution in [0.1, 0.15) is 40.7 Å². The Hall–Kier alpha value is -3.85. The Morgan fingerprint density at radius 2 is 1.80 bits per heavy atom. The number of benzene rings is 2. The minimum absolute atomic E-state index is 0.172. The minimum Gasteiger partial charge on any atom is -0.337 e. The summed E-state index contributed by atoms with van der Waals surface area (Å²) in [6, 6.07) is 10.8. The first kappa shape index (κ1) is 22.9. The van der Waals surface area contributed by atoms with Crippen molar-refractivity contribution in [2.75, 3.05) is 16.3 Å². The third-order valence-electron chi connectivity index (χ3n) is 6.33. The molecule has 5 rings (SSSR count). The van der Waals surface area contributed by atoms with Crippen molar-refractivity contribution in [2.45, 2.75) is 39.7 Å². The number of hydrogen-bond donors (Lipinski definition) is 0. The number of thiazole rings is 1. The summed E-state index contributed by atoms with van der Waals surface area (Å²) in [4.78, 5) is 49.6. The zero-order chi connectivity index (χ0) is 24.5. The van der Waals surface area contributed by atoms with Gasteiger partial charge in [-0.3, -0.25) is 24.2 Å². The molecule has 1 aliphatic heterocycles. The number of aryl methyl sites for hydroxylation is 3. The molecule has 1 fully saturated rings. The maximum atomic E-state index is 13.7. The van der Waals surface area contributed by atoms with E-state index in [9.17, 15) is 14.4 Å². The van der Waals surface area contributed by atoms with E-state index in [-0.39, 0.29) is 30.6 Å². The van der Waals surface area contributed by atoms with E-state index >= 15 is 0 Å². The monoisotopic (exact) mass is 487 g/mol. The molecule has 0 bridgehead atoms. The van der Waals surface area contributed by atoms with Crippen LogP contribution in [0.2, 0.25) is 0 Å². The molecule has 1 aliphatic rings. The fourth-order valence-electron chi connectivity index (χ4n) is 4.22. The van der Waals surface area contributed by atoms with Gasteiger partial charge in [-0.2, -0.15) is 0 Å². The van der Waals surface area contributed by atoms with Gasteiger partial charge in [0.1, 0.15) is 0 Å². The molecule has 178 valence electrons. The van der Waals surface area contributed by atoms with E-state index in [4.69, 9.17) is 4.98 Å². The van der Waals surface area contributed by atoms with Gasteiger partial charge in [-0.1, -0.05) is 17.4 Å². The SMILES string of the molecule is Cc1ccc2sc(N(CCCn3ccnc3)C(=O)c3ccc(N4C(=O)CCC4=O)cc3)nc2c1C. The van der Waals surface area contributed by atoms with Crippen LogP contribution in [0.5, 0.6) is 0 Å². The third kappa shape index (κ3) is 4.46. The molecule has 2 aromatic heterocycles. The lowest BCUT2D eigenvalue weighted by molar-refractivity contribution is -0.121. The first-order valence-electron chi connectivity index (χ1n) is 11.5. The second-order valence-corrected chi connectivity index (χ2v) is 9.64. The molecular weight excluding hydrogens is 462 g/mol. The second-order valence-electron chi connectivity index (χ2n) is 8.63. The molecule has 1 saturated heterocycles. The average molecular weight is 488 g/mol. The van der Waals surface area contributed by atoms with E-state index in [0.29, 0.717) is 22.9 Å². The van der Waals surface area contributed by atoms with Gasteiger partial charge < -0.3 is 4.57 Å². The maximum absolute atomic E-state index is 13.7. The third-order valence-corrected chi connectivity index (χ3v) is 7.37. The second kappa shape index (κ2) is 9.42. The molecule has 0 unspecified atom stereocenters. The van der Waals surface area contributed by atoms with E-state index < -0.39 is 0 Å². The number of fused-ring (bicyclic) bond motifs is 1. The van der Waals surface area contributed by atoms with Gasteiger partial charge in [0.25, 0.3) is 5.91 Å². The van der Waals surface area contributed by atoms with Crippen LogP contribution >= 0.6 is 11.3 Å². The highest BCUT2D eigenvalue weighted by molar-refractivity contribution is 7.22. The average Bonchev–Trinajstić information content (AvgIpc) is 3.60. The van der Waals surface area contributed by atoms with Gasteiger partial charge in [0.05, 0.1) is 22.2 Å². The summed E-state index contributed by atoms with van der Waals surface area (Å²) < 4.78 is 3.02. The van der Waals surface area contributed by atoms with Crippen molar-refractivity contribution < 1.29 is 14.4 Å². The minimum atomic E-state index is -0.213. The van der Waals surface area contributed by atoms with Gasteiger partial charge in [0.15, 0.2) is 5.13 Å². The van der Waals surface area contributed by atoms with Crippen molar-refractivity contribution in [1.29, 1.82) is 0 Å². The molecule has 0 N–H and O–H groups in total. The number of rotatable bonds is 7. The summed E-state index contributed by atoms with van der Waals surface area (Å²) in [5.74, 6) is -0.597. The highest BCUT2D eigenvalue weighted by Crippen LogP contribution is 2.33. The predicted molar refractivity (Wildman–Crippen MR) is 136 cm³/mol. The topological polar surface area (TPSA) is 88.4 Å². The molecule has 0 aliphatic carbocycles. The number of amides is 3. The zero-order valence-corrected chi connectivity index (χ0v) is 20.4. The Labute approximate surface area is 206 Å². The normalized spacial score (nSPS) is 13.7. The van der Waals surface area contributed by atoms with Crippen molar-refractivity contribution in [1.82, 2.24) is 14.5 Å². The smallest absolute Gasteiger partial charge is 0.260 e. The number of carbonyl (C=O) groups excluding carboxylic acids is 3. The van der Waals surface area contributed by atoms with E-state index in [0.717, 1.165) is 34.3 Å². The van der Waals surface area contributed by atoms with Crippen LogP contribution in [0.4, 0.5) is 10.8 Å². The molecule has 0 radical (unpaired) electrons. The summed E-state index contributed by atoms with van der Waals surface area (Å²) in [6.07, 6.45) is 6.57. The number of anilines is 2. The van der Waals surface area contributed by atoms with Crippen LogP contribution < -0.4 is 9.80 Å². The maximum Gasteiger partial charge on any atom is 0.260 e. The van der Waals surface area contributed by atoms with Gasteiger partial charge in [-0.15, -0.1) is 0 Å². The Morgan fingerprint density at radius 1 is 1.06 bits per heavy atom. The Morgan fingerprint density at radius 3 is 2.49 bits per heavy atom. The largest absolute Gasteiger partial charge is 0.337 e. The molecular formula is C26H25N5O3S. The highest BCUT2D eigenvalue weighted by atomic mass is 32.1.